The van der Waals surface area contributed by atoms with Gasteiger partial charge < -0.3 is 15.1 Å². The van der Waals surface area contributed by atoms with Crippen molar-refractivity contribution in [3.63, 3.8) is 0 Å². The van der Waals surface area contributed by atoms with Gasteiger partial charge in [-0.15, -0.1) is 0 Å². The fourth-order valence-corrected chi connectivity index (χ4v) is 2.04. The molecule has 1 heterocycles. The molecule has 0 saturated carbocycles. The van der Waals surface area contributed by atoms with E-state index in [0.717, 1.165) is 11.3 Å². The van der Waals surface area contributed by atoms with Crippen molar-refractivity contribution in [3.05, 3.63) is 53.7 Å². The molecule has 0 aliphatic rings. The van der Waals surface area contributed by atoms with Gasteiger partial charge in [0.25, 0.3) is 0 Å². The minimum Gasteiger partial charge on any atom is -0.472 e. The molecule has 96 valence electrons. The molecular weight excluding hydrogens is 231 g/mol. The normalized spacial score (nSPS) is 10.6. The summed E-state index contributed by atoms with van der Waals surface area (Å²) in [4.78, 5) is 2.00. The van der Waals surface area contributed by atoms with Gasteiger partial charge in [-0.2, -0.15) is 0 Å². The van der Waals surface area contributed by atoms with Gasteiger partial charge in [-0.05, 0) is 31.2 Å². The first-order valence-electron chi connectivity index (χ1n) is 5.92. The van der Waals surface area contributed by atoms with E-state index in [1.54, 1.807) is 18.6 Å². The van der Waals surface area contributed by atoms with E-state index in [2.05, 4.69) is 0 Å². The van der Waals surface area contributed by atoms with Crippen LogP contribution in [0.4, 0.5) is 10.1 Å². The molecule has 2 aromatic rings. The van der Waals surface area contributed by atoms with Gasteiger partial charge in [-0.25, -0.2) is 4.39 Å². The van der Waals surface area contributed by atoms with E-state index < -0.39 is 0 Å². The largest absolute Gasteiger partial charge is 0.472 e. The van der Waals surface area contributed by atoms with Crippen LogP contribution in [0.1, 0.15) is 11.1 Å². The summed E-state index contributed by atoms with van der Waals surface area (Å²) in [6.07, 6.45) is 3.87. The van der Waals surface area contributed by atoms with Crippen LogP contribution in [-0.2, 0) is 13.0 Å². The third kappa shape index (κ3) is 2.71. The van der Waals surface area contributed by atoms with Gasteiger partial charge in [-0.3, -0.25) is 0 Å². The lowest BCUT2D eigenvalue weighted by molar-refractivity contribution is 0.563. The van der Waals surface area contributed by atoms with Crippen LogP contribution in [0.15, 0.2) is 41.2 Å². The predicted octanol–water partition coefficient (Wildman–Crippen LogP) is 2.56. The Kier molecular flexibility index (Phi) is 3.99. The Morgan fingerprint density at radius 3 is 2.83 bits per heavy atom. The molecule has 0 unspecified atom stereocenters. The third-order valence-electron chi connectivity index (χ3n) is 2.90. The lowest BCUT2D eigenvalue weighted by Crippen LogP contribution is -2.19. The van der Waals surface area contributed by atoms with Crippen LogP contribution in [-0.4, -0.2) is 13.6 Å². The molecule has 3 nitrogen and oxygen atoms in total. The quantitative estimate of drug-likeness (QED) is 0.884. The lowest BCUT2D eigenvalue weighted by Gasteiger charge is -2.22. The molecule has 0 saturated heterocycles. The Morgan fingerprint density at radius 1 is 1.33 bits per heavy atom. The highest BCUT2D eigenvalue weighted by atomic mass is 19.1. The Hall–Kier alpha value is -1.81. The number of rotatable bonds is 5. The van der Waals surface area contributed by atoms with Crippen molar-refractivity contribution in [1.29, 1.82) is 0 Å². The molecule has 0 aliphatic carbocycles. The number of furan rings is 1. The molecule has 1 aromatic carbocycles. The van der Waals surface area contributed by atoms with Gasteiger partial charge in [-0.1, -0.05) is 6.07 Å². The van der Waals surface area contributed by atoms with Gasteiger partial charge in [0, 0.05) is 30.4 Å². The van der Waals surface area contributed by atoms with Gasteiger partial charge in [0.2, 0.25) is 0 Å². The molecule has 2 N–H and O–H groups in total. The van der Waals surface area contributed by atoms with E-state index >= 15 is 0 Å². The first-order valence-corrected chi connectivity index (χ1v) is 5.92. The van der Waals surface area contributed by atoms with Crippen LogP contribution in [0, 0.1) is 5.82 Å². The zero-order valence-corrected chi connectivity index (χ0v) is 10.4. The zero-order valence-electron chi connectivity index (χ0n) is 10.4. The maximum atomic E-state index is 13.8. The van der Waals surface area contributed by atoms with Crippen molar-refractivity contribution in [2.75, 3.05) is 18.5 Å². The number of nitrogens with two attached hydrogens (primary N) is 1. The van der Waals surface area contributed by atoms with Crippen LogP contribution in [0.2, 0.25) is 0 Å². The number of benzene rings is 1. The van der Waals surface area contributed by atoms with Crippen molar-refractivity contribution in [2.24, 2.45) is 5.73 Å². The highest BCUT2D eigenvalue weighted by molar-refractivity contribution is 5.54. The number of anilines is 1. The van der Waals surface area contributed by atoms with Crippen molar-refractivity contribution < 1.29 is 8.81 Å². The summed E-state index contributed by atoms with van der Waals surface area (Å²) >= 11 is 0. The highest BCUT2D eigenvalue weighted by Crippen LogP contribution is 2.24. The monoisotopic (exact) mass is 248 g/mol. The van der Waals surface area contributed by atoms with Crippen LogP contribution >= 0.6 is 0 Å². The third-order valence-corrected chi connectivity index (χ3v) is 2.90. The standard InChI is InChI=1S/C14H17FN2O/c1-17(9-11-6-8-18-10-11)14-4-2-3-13(15)12(14)5-7-16/h2-4,6,8,10H,5,7,9,16H2,1H3. The number of halogens is 1. The van der Waals surface area contributed by atoms with Crippen molar-refractivity contribution in [2.45, 2.75) is 13.0 Å². The first-order chi connectivity index (χ1) is 8.72. The average Bonchev–Trinajstić information content (AvgIpc) is 2.84. The van der Waals surface area contributed by atoms with Gasteiger partial charge in [0.15, 0.2) is 0 Å². The summed E-state index contributed by atoms with van der Waals surface area (Å²) < 4.78 is 18.8. The van der Waals surface area contributed by atoms with Gasteiger partial charge in [0.05, 0.1) is 12.5 Å². The summed E-state index contributed by atoms with van der Waals surface area (Å²) in [5.41, 5.74) is 8.14. The van der Waals surface area contributed by atoms with Crippen molar-refractivity contribution >= 4 is 5.69 Å². The molecule has 0 atom stereocenters. The number of hydrogen-bond acceptors (Lipinski definition) is 3. The van der Waals surface area contributed by atoms with Gasteiger partial charge >= 0.3 is 0 Å². The SMILES string of the molecule is CN(Cc1ccoc1)c1cccc(F)c1CCN. The van der Waals surface area contributed by atoms with E-state index in [1.807, 2.05) is 24.1 Å². The fraction of sp³-hybridized carbons (Fsp3) is 0.286. The minimum absolute atomic E-state index is 0.197. The van der Waals surface area contributed by atoms with Crippen LogP contribution in [0.5, 0.6) is 0 Å². The van der Waals surface area contributed by atoms with Crippen LogP contribution in [0.25, 0.3) is 0 Å². The van der Waals surface area contributed by atoms with E-state index in [4.69, 9.17) is 10.2 Å². The number of hydrogen-bond donors (Lipinski definition) is 1. The van der Waals surface area contributed by atoms with Crippen molar-refractivity contribution in [3.8, 4) is 0 Å². The molecule has 4 heteroatoms. The molecule has 2 rings (SSSR count). The predicted molar refractivity (Wildman–Crippen MR) is 70.0 cm³/mol. The smallest absolute Gasteiger partial charge is 0.128 e. The molecule has 0 spiro atoms. The topological polar surface area (TPSA) is 42.4 Å². The molecule has 0 radical (unpaired) electrons. The Bertz CT molecular complexity index is 497. The second-order valence-electron chi connectivity index (χ2n) is 4.26. The summed E-state index contributed by atoms with van der Waals surface area (Å²) in [5, 5.41) is 0. The summed E-state index contributed by atoms with van der Waals surface area (Å²) in [5.74, 6) is -0.197. The number of nitrogens with zero attached hydrogens (tertiary/aromatic N) is 1. The molecule has 18 heavy (non-hydrogen) atoms. The minimum atomic E-state index is -0.197. The summed E-state index contributed by atoms with van der Waals surface area (Å²) in [6.45, 7) is 1.12. The first kappa shape index (κ1) is 12.6. The molecule has 0 fully saturated rings. The van der Waals surface area contributed by atoms with E-state index in [0.29, 0.717) is 25.1 Å². The van der Waals surface area contributed by atoms with E-state index in [-0.39, 0.29) is 5.82 Å². The summed E-state index contributed by atoms with van der Waals surface area (Å²) in [7, 11) is 1.93. The van der Waals surface area contributed by atoms with Crippen LogP contribution in [0.3, 0.4) is 0 Å². The molecular formula is C14H17FN2O. The lowest BCUT2D eigenvalue weighted by atomic mass is 10.1. The zero-order chi connectivity index (χ0) is 13.0. The molecule has 0 bridgehead atoms. The Morgan fingerprint density at radius 2 is 2.17 bits per heavy atom. The maximum Gasteiger partial charge on any atom is 0.128 e. The summed E-state index contributed by atoms with van der Waals surface area (Å²) in [6, 6.07) is 7.00. The average molecular weight is 248 g/mol. The molecule has 0 aliphatic heterocycles. The molecule has 1 aromatic heterocycles. The maximum absolute atomic E-state index is 13.8. The fourth-order valence-electron chi connectivity index (χ4n) is 2.04. The highest BCUT2D eigenvalue weighted by Gasteiger charge is 2.11. The van der Waals surface area contributed by atoms with Crippen molar-refractivity contribution in [1.82, 2.24) is 0 Å². The second-order valence-corrected chi connectivity index (χ2v) is 4.26. The van der Waals surface area contributed by atoms with E-state index in [1.165, 1.54) is 6.07 Å². The Labute approximate surface area is 106 Å². The second kappa shape index (κ2) is 5.69. The Balaban J connectivity index is 2.23. The van der Waals surface area contributed by atoms with Crippen LogP contribution < -0.4 is 10.6 Å². The van der Waals surface area contributed by atoms with E-state index in [9.17, 15) is 4.39 Å². The van der Waals surface area contributed by atoms with Gasteiger partial charge in [0.1, 0.15) is 5.82 Å². The molecule has 0 amide bonds.